The lowest BCUT2D eigenvalue weighted by molar-refractivity contribution is 0.0721. The Labute approximate surface area is 124 Å². The maximum absolute atomic E-state index is 13.4. The summed E-state index contributed by atoms with van der Waals surface area (Å²) >= 11 is 0. The molecule has 0 unspecified atom stereocenters. The highest BCUT2D eigenvalue weighted by molar-refractivity contribution is 5.96. The van der Waals surface area contributed by atoms with Crippen LogP contribution in [0.5, 0.6) is 0 Å². The van der Waals surface area contributed by atoms with Crippen molar-refractivity contribution in [3.63, 3.8) is 0 Å². The Kier molecular flexibility index (Phi) is 7.44. The first kappa shape index (κ1) is 17.2. The molecule has 0 spiro atoms. The van der Waals surface area contributed by atoms with Crippen molar-refractivity contribution in [2.45, 2.75) is 19.8 Å². The second kappa shape index (κ2) is 9.11. The Balaban J connectivity index is 3.11. The summed E-state index contributed by atoms with van der Waals surface area (Å²) in [5.74, 6) is 4.64. The van der Waals surface area contributed by atoms with E-state index in [9.17, 15) is 9.18 Å². The van der Waals surface area contributed by atoms with Gasteiger partial charge >= 0.3 is 0 Å². The van der Waals surface area contributed by atoms with Crippen LogP contribution >= 0.6 is 0 Å². The second-order valence-electron chi connectivity index (χ2n) is 4.48. The van der Waals surface area contributed by atoms with Crippen LogP contribution in [0.2, 0.25) is 0 Å². The fourth-order valence-corrected chi connectivity index (χ4v) is 1.89. The lowest BCUT2D eigenvalue weighted by atomic mass is 10.1. The van der Waals surface area contributed by atoms with Crippen molar-refractivity contribution < 1.29 is 19.4 Å². The van der Waals surface area contributed by atoms with E-state index < -0.39 is 5.82 Å². The standard InChI is InChI=1S/C16H20FNO3/c1-2-8-18(9-11-20)16(21)15-12-14(17)7-6-13(15)5-3-4-10-19/h6-7,12,19-20H,2,4,8-11H2,1H3. The minimum Gasteiger partial charge on any atom is -0.395 e. The summed E-state index contributed by atoms with van der Waals surface area (Å²) in [5, 5.41) is 17.8. The van der Waals surface area contributed by atoms with E-state index in [1.807, 2.05) is 6.92 Å². The molecular formula is C16H20FNO3. The van der Waals surface area contributed by atoms with Gasteiger partial charge in [0.15, 0.2) is 0 Å². The lowest BCUT2D eigenvalue weighted by Crippen LogP contribution is -2.34. The van der Waals surface area contributed by atoms with Crippen molar-refractivity contribution in [1.29, 1.82) is 0 Å². The molecule has 0 aliphatic rings. The zero-order chi connectivity index (χ0) is 15.7. The zero-order valence-electron chi connectivity index (χ0n) is 12.1. The van der Waals surface area contributed by atoms with Gasteiger partial charge in [0.1, 0.15) is 5.82 Å². The molecule has 0 heterocycles. The molecule has 0 radical (unpaired) electrons. The summed E-state index contributed by atoms with van der Waals surface area (Å²) in [7, 11) is 0. The minimum atomic E-state index is -0.508. The topological polar surface area (TPSA) is 60.8 Å². The van der Waals surface area contributed by atoms with Crippen LogP contribution in [0.3, 0.4) is 0 Å². The largest absolute Gasteiger partial charge is 0.395 e. The van der Waals surface area contributed by atoms with Crippen molar-refractivity contribution >= 4 is 5.91 Å². The van der Waals surface area contributed by atoms with Gasteiger partial charge in [0.2, 0.25) is 0 Å². The predicted molar refractivity (Wildman–Crippen MR) is 78.3 cm³/mol. The van der Waals surface area contributed by atoms with Gasteiger partial charge in [-0.3, -0.25) is 4.79 Å². The molecule has 21 heavy (non-hydrogen) atoms. The highest BCUT2D eigenvalue weighted by Crippen LogP contribution is 2.14. The van der Waals surface area contributed by atoms with E-state index in [0.29, 0.717) is 18.5 Å². The highest BCUT2D eigenvalue weighted by atomic mass is 19.1. The number of benzene rings is 1. The third-order valence-corrected chi connectivity index (χ3v) is 2.82. The molecule has 0 aliphatic heterocycles. The summed E-state index contributed by atoms with van der Waals surface area (Å²) in [5.41, 5.74) is 0.608. The van der Waals surface area contributed by atoms with Crippen molar-refractivity contribution in [2.75, 3.05) is 26.3 Å². The Hall–Kier alpha value is -1.90. The molecule has 0 saturated carbocycles. The van der Waals surface area contributed by atoms with Crippen LogP contribution in [0, 0.1) is 17.7 Å². The van der Waals surface area contributed by atoms with Crippen LogP contribution in [0.25, 0.3) is 0 Å². The van der Waals surface area contributed by atoms with Gasteiger partial charge in [0.05, 0.1) is 18.8 Å². The molecule has 4 nitrogen and oxygen atoms in total. The fourth-order valence-electron chi connectivity index (χ4n) is 1.89. The Morgan fingerprint density at radius 3 is 2.67 bits per heavy atom. The van der Waals surface area contributed by atoms with E-state index in [0.717, 1.165) is 12.5 Å². The molecule has 0 aromatic heterocycles. The first-order chi connectivity index (χ1) is 10.1. The van der Waals surface area contributed by atoms with Crippen molar-refractivity contribution in [3.05, 3.63) is 35.1 Å². The minimum absolute atomic E-state index is 0.0655. The van der Waals surface area contributed by atoms with E-state index in [-0.39, 0.29) is 31.2 Å². The maximum Gasteiger partial charge on any atom is 0.255 e. The summed E-state index contributed by atoms with van der Waals surface area (Å²) in [6, 6.07) is 3.86. The van der Waals surface area contributed by atoms with Gasteiger partial charge in [0, 0.05) is 25.1 Å². The second-order valence-corrected chi connectivity index (χ2v) is 4.48. The first-order valence-electron chi connectivity index (χ1n) is 6.93. The molecule has 1 amide bonds. The van der Waals surface area contributed by atoms with Gasteiger partial charge in [-0.1, -0.05) is 18.8 Å². The molecule has 0 atom stereocenters. The Morgan fingerprint density at radius 2 is 2.05 bits per heavy atom. The number of aliphatic hydroxyl groups excluding tert-OH is 2. The predicted octanol–water partition coefficient (Wildman–Crippen LogP) is 1.40. The molecule has 0 fully saturated rings. The van der Waals surface area contributed by atoms with Gasteiger partial charge in [-0.2, -0.15) is 0 Å². The highest BCUT2D eigenvalue weighted by Gasteiger charge is 2.18. The van der Waals surface area contributed by atoms with Gasteiger partial charge in [0.25, 0.3) is 5.91 Å². The first-order valence-corrected chi connectivity index (χ1v) is 6.93. The van der Waals surface area contributed by atoms with Crippen LogP contribution in [0.1, 0.15) is 35.7 Å². The summed E-state index contributed by atoms with van der Waals surface area (Å²) in [4.78, 5) is 13.9. The van der Waals surface area contributed by atoms with Crippen molar-refractivity contribution in [3.8, 4) is 11.8 Å². The molecule has 5 heteroatoms. The Bertz CT molecular complexity index is 528. The third kappa shape index (κ3) is 5.18. The molecular weight excluding hydrogens is 273 g/mol. The zero-order valence-corrected chi connectivity index (χ0v) is 12.1. The van der Waals surface area contributed by atoms with E-state index in [4.69, 9.17) is 10.2 Å². The maximum atomic E-state index is 13.4. The average Bonchev–Trinajstić information content (AvgIpc) is 2.48. The molecule has 1 rings (SSSR count). The number of aliphatic hydroxyl groups is 2. The van der Waals surface area contributed by atoms with Crippen molar-refractivity contribution in [1.82, 2.24) is 4.90 Å². The molecule has 0 bridgehead atoms. The molecule has 2 N–H and O–H groups in total. The number of carbonyl (C=O) groups is 1. The molecule has 114 valence electrons. The van der Waals surface area contributed by atoms with E-state index in [1.165, 1.54) is 17.0 Å². The monoisotopic (exact) mass is 293 g/mol. The van der Waals surface area contributed by atoms with Gasteiger partial charge < -0.3 is 15.1 Å². The number of nitrogens with zero attached hydrogens (tertiary/aromatic N) is 1. The number of hydrogen-bond donors (Lipinski definition) is 2. The quantitative estimate of drug-likeness (QED) is 0.780. The molecule has 0 aliphatic carbocycles. The summed E-state index contributed by atoms with van der Waals surface area (Å²) < 4.78 is 13.4. The fraction of sp³-hybridized carbons (Fsp3) is 0.438. The van der Waals surface area contributed by atoms with E-state index in [1.54, 1.807) is 0 Å². The molecule has 1 aromatic rings. The molecule has 1 aromatic carbocycles. The van der Waals surface area contributed by atoms with Gasteiger partial charge in [-0.25, -0.2) is 4.39 Å². The van der Waals surface area contributed by atoms with E-state index >= 15 is 0 Å². The van der Waals surface area contributed by atoms with Crippen LogP contribution < -0.4 is 0 Å². The SMILES string of the molecule is CCCN(CCO)C(=O)c1cc(F)ccc1C#CCCO. The summed E-state index contributed by atoms with van der Waals surface area (Å²) in [6.07, 6.45) is 1.03. The van der Waals surface area contributed by atoms with E-state index in [2.05, 4.69) is 11.8 Å². The van der Waals surface area contributed by atoms with Crippen LogP contribution in [-0.2, 0) is 0 Å². The number of hydrogen-bond acceptors (Lipinski definition) is 3. The normalized spacial score (nSPS) is 9.90. The van der Waals surface area contributed by atoms with Crippen LogP contribution in [-0.4, -0.2) is 47.3 Å². The third-order valence-electron chi connectivity index (χ3n) is 2.82. The smallest absolute Gasteiger partial charge is 0.255 e. The number of halogens is 1. The molecule has 0 saturated heterocycles. The summed E-state index contributed by atoms with van der Waals surface area (Å²) in [6.45, 7) is 2.40. The number of amides is 1. The Morgan fingerprint density at radius 1 is 1.29 bits per heavy atom. The number of carbonyl (C=O) groups excluding carboxylic acids is 1. The van der Waals surface area contributed by atoms with Crippen LogP contribution in [0.4, 0.5) is 4.39 Å². The van der Waals surface area contributed by atoms with Gasteiger partial charge in [-0.15, -0.1) is 0 Å². The van der Waals surface area contributed by atoms with Crippen LogP contribution in [0.15, 0.2) is 18.2 Å². The van der Waals surface area contributed by atoms with Gasteiger partial charge in [-0.05, 0) is 24.6 Å². The lowest BCUT2D eigenvalue weighted by Gasteiger charge is -2.21. The number of rotatable bonds is 6. The van der Waals surface area contributed by atoms with Crippen molar-refractivity contribution in [2.24, 2.45) is 0 Å². The average molecular weight is 293 g/mol.